The predicted molar refractivity (Wildman–Crippen MR) is 521 cm³/mol. The van der Waals surface area contributed by atoms with Gasteiger partial charge in [-0.1, -0.05) is 59.1 Å². The third-order valence-electron chi connectivity index (χ3n) is 24.6. The van der Waals surface area contributed by atoms with E-state index >= 15 is 0 Å². The number of fused-ring (bicyclic) bond motifs is 4. The molecule has 38 heteroatoms. The fraction of sp³-hybridized carbons (Fsp3) is 0.231. The SMILES string of the molecule is O=C(NCCCN1CCCC1=O)c1cnc2ccc(-c3cccnc3-c3cc(Cl)c(F)cc3F)cn12.O=C(NCCCN1CCCC1=O)c1cnc2ccc(-c3cccnc3-c3cc(Cl)ccc3F)cn12.O=C(NCCCN1CCCC1=O)c1cnc2ccc(-c3cccnc3-c3cc(F)c(F)cc3F)cn12.O=C(NCCCN1CCCC1=O)c1cnc2ccc(-c3cccnc3-c3ccc(F)c(Cl)c3)cn12. The van der Waals surface area contributed by atoms with Gasteiger partial charge in [0.25, 0.3) is 23.6 Å². The van der Waals surface area contributed by atoms with Crippen molar-refractivity contribution in [1.29, 1.82) is 0 Å². The lowest BCUT2D eigenvalue weighted by atomic mass is 10.00. The minimum atomic E-state index is -1.28. The number of carbonyl (C=O) groups is 8. The van der Waals surface area contributed by atoms with Crippen LogP contribution in [-0.2, 0) is 19.2 Å². The van der Waals surface area contributed by atoms with Crippen molar-refractivity contribution >= 4 is 105 Å². The van der Waals surface area contributed by atoms with Crippen LogP contribution in [0.1, 0.15) is 119 Å². The van der Waals surface area contributed by atoms with Crippen LogP contribution in [0, 0.1) is 40.7 Å². The number of carbonyl (C=O) groups excluding carboxylic acids is 8. The van der Waals surface area contributed by atoms with E-state index in [0.717, 1.165) is 80.7 Å². The molecule has 0 aliphatic carbocycles. The number of nitrogens with one attached hydrogen (secondary N) is 4. The van der Waals surface area contributed by atoms with Gasteiger partial charge in [-0.15, -0.1) is 0 Å². The van der Waals surface area contributed by atoms with Crippen LogP contribution in [0.15, 0.2) is 232 Å². The zero-order valence-corrected chi connectivity index (χ0v) is 78.4. The molecule has 724 valence electrons. The summed E-state index contributed by atoms with van der Waals surface area (Å²) in [5, 5.41) is 11.8. The molecule has 8 amide bonds. The maximum absolute atomic E-state index is 14.6. The molecule has 20 rings (SSSR count). The summed E-state index contributed by atoms with van der Waals surface area (Å²) >= 11 is 18.0. The van der Waals surface area contributed by atoms with Crippen LogP contribution >= 0.6 is 34.8 Å². The Kier molecular flexibility index (Phi) is 30.8. The second-order valence-electron chi connectivity index (χ2n) is 33.9. The predicted octanol–water partition coefficient (Wildman–Crippen LogP) is 18.2. The van der Waals surface area contributed by atoms with Gasteiger partial charge in [-0.25, -0.2) is 50.7 Å². The molecular weight excluding hydrogens is 1900 g/mol. The molecule has 0 atom stereocenters. The van der Waals surface area contributed by atoms with Crippen molar-refractivity contribution in [2.75, 3.05) is 78.5 Å². The molecule has 4 aromatic carbocycles. The van der Waals surface area contributed by atoms with Gasteiger partial charge in [-0.3, -0.25) is 75.9 Å². The molecule has 0 bridgehead atoms. The van der Waals surface area contributed by atoms with Crippen LogP contribution in [0.2, 0.25) is 15.1 Å². The Morgan fingerprint density at radius 2 is 0.585 bits per heavy atom. The Morgan fingerprint density at radius 1 is 0.289 bits per heavy atom. The first-order valence-electron chi connectivity index (χ1n) is 46.0. The van der Waals surface area contributed by atoms with Crippen molar-refractivity contribution in [1.82, 2.24) is 98.3 Å². The Labute approximate surface area is 823 Å². The lowest BCUT2D eigenvalue weighted by molar-refractivity contribution is -0.128. The van der Waals surface area contributed by atoms with Crippen LogP contribution in [0.3, 0.4) is 0 Å². The van der Waals surface area contributed by atoms with Gasteiger partial charge in [0.05, 0.1) is 57.6 Å². The van der Waals surface area contributed by atoms with Crippen molar-refractivity contribution in [3.8, 4) is 89.5 Å². The molecule has 4 N–H and O–H groups in total. The lowest BCUT2D eigenvalue weighted by Gasteiger charge is -2.15. The number of aromatic nitrogens is 12. The Bertz CT molecular complexity index is 7310. The maximum Gasteiger partial charge on any atom is 0.269 e. The standard InChI is InChI=1S/C26H22ClF2N5O2.2C26H23ClFN5O2.C26H22F3N5O2/c27-19-12-18(20(28)13-21(19)29)25-17(4-1-8-30-25)16-6-7-23-32-14-22(34(23)15-16)26(36)31-9-3-11-33-10-2-5-24(33)35;27-18-7-8-21(28)20(14-18)25-19(4-1-10-29-25)17-6-9-23-31-15-22(33(23)16-17)26(35)30-11-3-13-32-12-2-5-24(32)34;27-20-14-17(6-8-21(20)28)25-19(4-1-10-29-25)18-7-9-23-31-15-22(33(23)16-18)26(35)30-11-3-13-32-12-2-5-24(32)34;27-19-13-21(29)20(28)12-18(19)25-17(4-1-8-30-25)16-6-7-23-32-14-22(34(23)15-16)26(36)31-9-3-11-33-10-2-5-24(33)35/h1,4,6-8,12-15H,2-3,5,9-11H2,(H,31,36);2*1,4,6-10,14-16H,2-3,5,11-13H2,(H,30,35);1,4,6-8,12-15H,2-3,5,9-11H2,(H,31,36). The van der Waals surface area contributed by atoms with Gasteiger partial charge in [0.15, 0.2) is 11.6 Å². The van der Waals surface area contributed by atoms with E-state index in [0.29, 0.717) is 216 Å². The number of nitrogens with zero attached hydrogens (tertiary/aromatic N) is 16. The monoisotopic (exact) mass is 1980 g/mol. The van der Waals surface area contributed by atoms with E-state index in [1.54, 1.807) is 139 Å². The number of likely N-dealkylation sites (tertiary alicyclic amines) is 4. The second kappa shape index (κ2) is 44.7. The molecule has 28 nitrogen and oxygen atoms in total. The molecule has 16 heterocycles. The van der Waals surface area contributed by atoms with Crippen molar-refractivity contribution in [2.24, 2.45) is 0 Å². The number of pyridine rings is 8. The number of benzene rings is 4. The molecule has 0 radical (unpaired) electrons. The molecule has 0 saturated carbocycles. The zero-order valence-electron chi connectivity index (χ0n) is 76.1. The summed E-state index contributed by atoms with van der Waals surface area (Å²) in [5.41, 5.74) is 11.5. The van der Waals surface area contributed by atoms with E-state index < -0.39 is 40.7 Å². The second-order valence-corrected chi connectivity index (χ2v) is 35.1. The van der Waals surface area contributed by atoms with E-state index in [4.69, 9.17) is 34.8 Å². The highest BCUT2D eigenvalue weighted by molar-refractivity contribution is 6.31. The molecule has 4 fully saturated rings. The van der Waals surface area contributed by atoms with E-state index in [1.165, 1.54) is 55.2 Å². The minimum Gasteiger partial charge on any atom is -0.351 e. The van der Waals surface area contributed by atoms with Crippen molar-refractivity contribution in [2.45, 2.75) is 77.0 Å². The first kappa shape index (κ1) is 98.0. The third kappa shape index (κ3) is 22.5. The van der Waals surface area contributed by atoms with Gasteiger partial charge in [-0.2, -0.15) is 0 Å². The first-order valence-corrected chi connectivity index (χ1v) is 47.1. The fourth-order valence-corrected chi connectivity index (χ4v) is 17.9. The van der Waals surface area contributed by atoms with Gasteiger partial charge in [0.2, 0.25) is 23.6 Å². The van der Waals surface area contributed by atoms with Crippen molar-refractivity contribution in [3.05, 3.63) is 311 Å². The lowest BCUT2D eigenvalue weighted by Crippen LogP contribution is -2.31. The van der Waals surface area contributed by atoms with Crippen LogP contribution in [-0.4, -0.2) is 203 Å². The first-order chi connectivity index (χ1) is 68.9. The maximum atomic E-state index is 14.6. The van der Waals surface area contributed by atoms with Crippen molar-refractivity contribution < 1.29 is 69.1 Å². The summed E-state index contributed by atoms with van der Waals surface area (Å²) in [7, 11) is 0. The van der Waals surface area contributed by atoms with Crippen LogP contribution in [0.5, 0.6) is 0 Å². The molecular formula is C104H90Cl3F7N20O8. The highest BCUT2D eigenvalue weighted by atomic mass is 35.5. The zero-order chi connectivity index (χ0) is 99.2. The van der Waals surface area contributed by atoms with Gasteiger partial charge < -0.3 is 40.9 Å². The van der Waals surface area contributed by atoms with E-state index in [1.807, 2.05) is 57.3 Å². The van der Waals surface area contributed by atoms with Gasteiger partial charge in [0, 0.05) is 238 Å². The summed E-state index contributed by atoms with van der Waals surface area (Å²) in [6.45, 7) is 7.36. The molecule has 4 saturated heterocycles. The number of rotatable bonds is 28. The minimum absolute atomic E-state index is 0.0252. The van der Waals surface area contributed by atoms with E-state index in [-0.39, 0.29) is 74.1 Å². The highest BCUT2D eigenvalue weighted by Crippen LogP contribution is 2.40. The summed E-state index contributed by atoms with van der Waals surface area (Å²) in [6.07, 6.45) is 27.9. The molecule has 4 aliphatic rings. The van der Waals surface area contributed by atoms with Crippen LogP contribution in [0.4, 0.5) is 30.7 Å². The largest absolute Gasteiger partial charge is 0.351 e. The number of hydrogen-bond acceptors (Lipinski definition) is 16. The van der Waals surface area contributed by atoms with Crippen LogP contribution < -0.4 is 21.3 Å². The molecule has 0 unspecified atom stereocenters. The van der Waals surface area contributed by atoms with E-state index in [2.05, 4.69) is 61.1 Å². The average molecular weight is 1990 g/mol. The Hall–Kier alpha value is -15.6. The van der Waals surface area contributed by atoms with Crippen LogP contribution in [0.25, 0.3) is 112 Å². The number of hydrogen-bond donors (Lipinski definition) is 4. The number of imidazole rings is 4. The average Bonchev–Trinajstić information content (AvgIpc) is 1.57. The van der Waals surface area contributed by atoms with Gasteiger partial charge in [0.1, 0.15) is 74.5 Å². The number of halogens is 10. The Morgan fingerprint density at radius 3 is 0.923 bits per heavy atom. The molecule has 4 aliphatic heterocycles. The van der Waals surface area contributed by atoms with Gasteiger partial charge in [-0.05, 0) is 173 Å². The highest BCUT2D eigenvalue weighted by Gasteiger charge is 2.28. The third-order valence-corrected chi connectivity index (χ3v) is 25.4. The molecule has 16 aromatic rings. The topological polar surface area (TPSA) is 318 Å². The summed E-state index contributed by atoms with van der Waals surface area (Å²) in [4.78, 5) is 140. The quantitative estimate of drug-likeness (QED) is 0.0201. The molecule has 142 heavy (non-hydrogen) atoms. The normalized spacial score (nSPS) is 13.5. The molecule has 0 spiro atoms. The van der Waals surface area contributed by atoms with Crippen molar-refractivity contribution in [3.63, 3.8) is 0 Å². The molecule has 12 aromatic heterocycles. The summed E-state index contributed by atoms with van der Waals surface area (Å²) in [6, 6.07) is 40.6. The smallest absolute Gasteiger partial charge is 0.269 e. The van der Waals surface area contributed by atoms with E-state index in [9.17, 15) is 69.1 Å². The Balaban J connectivity index is 0.000000130. The fourth-order valence-electron chi connectivity index (χ4n) is 17.4. The summed E-state index contributed by atoms with van der Waals surface area (Å²) in [5.74, 6) is -6.39. The summed E-state index contributed by atoms with van der Waals surface area (Å²) < 4.78 is 105. The van der Waals surface area contributed by atoms with Gasteiger partial charge >= 0.3 is 0 Å². The number of amides is 8.